The van der Waals surface area contributed by atoms with Crippen LogP contribution in [0.2, 0.25) is 0 Å². The predicted octanol–water partition coefficient (Wildman–Crippen LogP) is 1.58. The molecule has 1 saturated heterocycles. The van der Waals surface area contributed by atoms with Crippen LogP contribution in [0.3, 0.4) is 0 Å². The number of esters is 1. The monoisotopic (exact) mass is 362 g/mol. The second kappa shape index (κ2) is 8.10. The van der Waals surface area contributed by atoms with Gasteiger partial charge in [0, 0.05) is 19.1 Å². The van der Waals surface area contributed by atoms with Crippen molar-refractivity contribution in [2.24, 2.45) is 0 Å². The summed E-state index contributed by atoms with van der Waals surface area (Å²) in [5, 5.41) is 3.18. The summed E-state index contributed by atoms with van der Waals surface area (Å²) in [7, 11) is -0.327. The summed E-state index contributed by atoms with van der Waals surface area (Å²) < 4.78 is 31.7. The number of benzene rings is 1. The second-order valence-electron chi connectivity index (χ2n) is 5.44. The number of carbonyl (C=O) groups is 1. The first-order chi connectivity index (χ1) is 10.4. The molecule has 0 radical (unpaired) electrons. The molecule has 0 aliphatic carbocycles. The number of piperidine rings is 1. The molecule has 1 fully saturated rings. The average Bonchev–Trinajstić information content (AvgIpc) is 2.53. The molecule has 8 heteroatoms. The predicted molar refractivity (Wildman–Crippen MR) is 90.6 cm³/mol. The molecular weight excluding hydrogens is 340 g/mol. The molecule has 1 aromatic carbocycles. The minimum absolute atomic E-state index is 0. The number of ether oxygens (including phenoxy) is 1. The van der Waals surface area contributed by atoms with E-state index >= 15 is 0 Å². The molecule has 0 saturated carbocycles. The topological polar surface area (TPSA) is 75.7 Å². The molecule has 0 amide bonds. The number of halogens is 1. The number of nitrogens with zero attached hydrogens (tertiary/aromatic N) is 1. The summed E-state index contributed by atoms with van der Waals surface area (Å²) in [4.78, 5) is 11.8. The summed E-state index contributed by atoms with van der Waals surface area (Å²) >= 11 is 0. The van der Waals surface area contributed by atoms with Crippen molar-refractivity contribution in [3.05, 3.63) is 29.3 Å². The molecule has 0 unspecified atom stereocenters. The van der Waals surface area contributed by atoms with Crippen LogP contribution in [0.4, 0.5) is 0 Å². The SMILES string of the molecule is CNC1CCN(S(=O)(=O)c2ccc(C(=O)OC)cc2C)CC1.Cl. The highest BCUT2D eigenvalue weighted by Gasteiger charge is 2.30. The van der Waals surface area contributed by atoms with Gasteiger partial charge in [-0.3, -0.25) is 0 Å². The maximum Gasteiger partial charge on any atom is 0.337 e. The summed E-state index contributed by atoms with van der Waals surface area (Å²) in [6.07, 6.45) is 1.60. The normalized spacial score (nSPS) is 16.7. The molecule has 2 rings (SSSR count). The first-order valence-corrected chi connectivity index (χ1v) is 8.70. The number of nitrogens with one attached hydrogen (secondary N) is 1. The van der Waals surface area contributed by atoms with Crippen LogP contribution in [-0.4, -0.2) is 52.0 Å². The van der Waals surface area contributed by atoms with Crippen LogP contribution < -0.4 is 5.32 Å². The summed E-state index contributed by atoms with van der Waals surface area (Å²) in [5.74, 6) is -0.470. The molecule has 0 spiro atoms. The number of sulfonamides is 1. The van der Waals surface area contributed by atoms with Crippen LogP contribution in [0.25, 0.3) is 0 Å². The summed E-state index contributed by atoms with van der Waals surface area (Å²) in [5.41, 5.74) is 0.909. The molecule has 130 valence electrons. The van der Waals surface area contributed by atoms with Gasteiger partial charge in [0.15, 0.2) is 0 Å². The summed E-state index contributed by atoms with van der Waals surface area (Å²) in [6.45, 7) is 2.71. The maximum absolute atomic E-state index is 12.7. The van der Waals surface area contributed by atoms with E-state index in [4.69, 9.17) is 0 Å². The quantitative estimate of drug-likeness (QED) is 0.823. The third kappa shape index (κ3) is 4.23. The third-order valence-electron chi connectivity index (χ3n) is 4.08. The van der Waals surface area contributed by atoms with Crippen molar-refractivity contribution in [3.63, 3.8) is 0 Å². The van der Waals surface area contributed by atoms with Crippen molar-refractivity contribution in [3.8, 4) is 0 Å². The molecule has 1 aromatic rings. The minimum atomic E-state index is -3.52. The molecule has 0 atom stereocenters. The van der Waals surface area contributed by atoms with E-state index < -0.39 is 16.0 Å². The van der Waals surface area contributed by atoms with Gasteiger partial charge in [-0.15, -0.1) is 12.4 Å². The Morgan fingerprint density at radius 1 is 1.30 bits per heavy atom. The fourth-order valence-electron chi connectivity index (χ4n) is 2.71. The zero-order chi connectivity index (χ0) is 16.3. The van der Waals surface area contributed by atoms with Gasteiger partial charge in [0.1, 0.15) is 0 Å². The minimum Gasteiger partial charge on any atom is -0.465 e. The van der Waals surface area contributed by atoms with E-state index in [1.165, 1.54) is 23.5 Å². The van der Waals surface area contributed by atoms with Crippen LogP contribution in [0, 0.1) is 6.92 Å². The van der Waals surface area contributed by atoms with Gasteiger partial charge in [-0.1, -0.05) is 0 Å². The van der Waals surface area contributed by atoms with Gasteiger partial charge in [0.2, 0.25) is 10.0 Å². The first kappa shape index (κ1) is 19.9. The van der Waals surface area contributed by atoms with Crippen molar-refractivity contribution >= 4 is 28.4 Å². The lowest BCUT2D eigenvalue weighted by Gasteiger charge is -2.31. The van der Waals surface area contributed by atoms with Gasteiger partial charge in [0.05, 0.1) is 17.6 Å². The van der Waals surface area contributed by atoms with Gasteiger partial charge in [0.25, 0.3) is 0 Å². The molecule has 1 N–H and O–H groups in total. The van der Waals surface area contributed by atoms with Crippen molar-refractivity contribution in [1.82, 2.24) is 9.62 Å². The Kier molecular flexibility index (Phi) is 7.01. The van der Waals surface area contributed by atoms with E-state index in [9.17, 15) is 13.2 Å². The highest BCUT2D eigenvalue weighted by molar-refractivity contribution is 7.89. The average molecular weight is 363 g/mol. The molecule has 6 nitrogen and oxygen atoms in total. The summed E-state index contributed by atoms with van der Waals surface area (Å²) in [6, 6.07) is 4.90. The Hall–Kier alpha value is -1.15. The molecular formula is C15H23ClN2O4S. The van der Waals surface area contributed by atoms with Crippen molar-refractivity contribution in [2.75, 3.05) is 27.2 Å². The molecule has 1 heterocycles. The number of methoxy groups -OCH3 is 1. The van der Waals surface area contributed by atoms with Gasteiger partial charge in [-0.05, 0) is 50.6 Å². The molecule has 1 aliphatic rings. The van der Waals surface area contributed by atoms with E-state index in [1.807, 2.05) is 7.05 Å². The third-order valence-corrected chi connectivity index (χ3v) is 6.13. The van der Waals surface area contributed by atoms with Crippen molar-refractivity contribution in [2.45, 2.75) is 30.7 Å². The highest BCUT2D eigenvalue weighted by Crippen LogP contribution is 2.24. The Balaban J connectivity index is 0.00000264. The number of aryl methyl sites for hydroxylation is 1. The number of rotatable bonds is 4. The standard InChI is InChI=1S/C15H22N2O4S.ClH/c1-11-10-12(15(18)21-3)4-5-14(11)22(19,20)17-8-6-13(16-2)7-9-17;/h4-5,10,13,16H,6-9H2,1-3H3;1H. The van der Waals surface area contributed by atoms with Gasteiger partial charge >= 0.3 is 5.97 Å². The Bertz CT molecular complexity index is 655. The molecule has 0 bridgehead atoms. The van der Waals surface area contributed by atoms with Crippen LogP contribution in [0.5, 0.6) is 0 Å². The molecule has 23 heavy (non-hydrogen) atoms. The highest BCUT2D eigenvalue weighted by atomic mass is 35.5. The van der Waals surface area contributed by atoms with E-state index in [-0.39, 0.29) is 17.3 Å². The van der Waals surface area contributed by atoms with Crippen molar-refractivity contribution < 1.29 is 17.9 Å². The Morgan fingerprint density at radius 3 is 2.39 bits per heavy atom. The number of hydrogen-bond donors (Lipinski definition) is 1. The fourth-order valence-corrected chi connectivity index (χ4v) is 4.38. The lowest BCUT2D eigenvalue weighted by Crippen LogP contribution is -2.44. The number of carbonyl (C=O) groups excluding carboxylic acids is 1. The van der Waals surface area contributed by atoms with E-state index in [0.29, 0.717) is 30.3 Å². The van der Waals surface area contributed by atoms with E-state index in [0.717, 1.165) is 12.8 Å². The zero-order valence-electron chi connectivity index (χ0n) is 13.5. The van der Waals surface area contributed by atoms with Crippen LogP contribution >= 0.6 is 12.4 Å². The van der Waals surface area contributed by atoms with Crippen LogP contribution in [-0.2, 0) is 14.8 Å². The smallest absolute Gasteiger partial charge is 0.337 e. The molecule has 1 aliphatic heterocycles. The second-order valence-corrected chi connectivity index (χ2v) is 7.35. The van der Waals surface area contributed by atoms with Gasteiger partial charge < -0.3 is 10.1 Å². The maximum atomic E-state index is 12.7. The first-order valence-electron chi connectivity index (χ1n) is 7.26. The van der Waals surface area contributed by atoms with E-state index in [1.54, 1.807) is 13.0 Å². The zero-order valence-corrected chi connectivity index (χ0v) is 15.2. The van der Waals surface area contributed by atoms with Gasteiger partial charge in [-0.25, -0.2) is 13.2 Å². The Morgan fingerprint density at radius 2 is 1.91 bits per heavy atom. The van der Waals surface area contributed by atoms with Crippen LogP contribution in [0.1, 0.15) is 28.8 Å². The fraction of sp³-hybridized carbons (Fsp3) is 0.533. The van der Waals surface area contributed by atoms with Crippen LogP contribution in [0.15, 0.2) is 23.1 Å². The molecule has 0 aromatic heterocycles. The van der Waals surface area contributed by atoms with E-state index in [2.05, 4.69) is 10.1 Å². The Labute approximate surface area is 143 Å². The lowest BCUT2D eigenvalue weighted by atomic mass is 10.1. The van der Waals surface area contributed by atoms with Crippen molar-refractivity contribution in [1.29, 1.82) is 0 Å². The largest absolute Gasteiger partial charge is 0.465 e. The van der Waals surface area contributed by atoms with Gasteiger partial charge in [-0.2, -0.15) is 4.31 Å². The lowest BCUT2D eigenvalue weighted by molar-refractivity contribution is 0.0600. The number of hydrogen-bond acceptors (Lipinski definition) is 5.